The SMILES string of the molecule is CC(C)C(=O)N1CCN(c2ccc(NC(=S)NC(=O)c3ccc4ccccc4c3)cc2Cl)CC1. The summed E-state index contributed by atoms with van der Waals surface area (Å²) in [4.78, 5) is 28.9. The van der Waals surface area contributed by atoms with Crippen LogP contribution in [0.1, 0.15) is 24.2 Å². The number of carbonyl (C=O) groups is 2. The maximum atomic E-state index is 12.6. The molecule has 8 heteroatoms. The van der Waals surface area contributed by atoms with Crippen LogP contribution in [-0.4, -0.2) is 48.0 Å². The molecule has 0 atom stereocenters. The van der Waals surface area contributed by atoms with Crippen LogP contribution in [0.25, 0.3) is 10.8 Å². The van der Waals surface area contributed by atoms with Crippen LogP contribution in [0.3, 0.4) is 0 Å². The number of thiocarbonyl (C=S) groups is 1. The van der Waals surface area contributed by atoms with Gasteiger partial charge in [0.1, 0.15) is 0 Å². The van der Waals surface area contributed by atoms with Crippen molar-refractivity contribution in [1.29, 1.82) is 0 Å². The first-order chi connectivity index (χ1) is 16.3. The number of hydrogen-bond donors (Lipinski definition) is 2. The Kier molecular flexibility index (Phi) is 7.34. The average Bonchev–Trinajstić information content (AvgIpc) is 2.83. The first kappa shape index (κ1) is 24.0. The number of carbonyl (C=O) groups excluding carboxylic acids is 2. The van der Waals surface area contributed by atoms with Crippen molar-refractivity contribution >= 4 is 62.9 Å². The van der Waals surface area contributed by atoms with Crippen molar-refractivity contribution in [2.45, 2.75) is 13.8 Å². The van der Waals surface area contributed by atoms with Crippen LogP contribution in [0, 0.1) is 5.92 Å². The number of halogens is 1. The lowest BCUT2D eigenvalue weighted by atomic mass is 10.1. The zero-order valence-corrected chi connectivity index (χ0v) is 20.7. The summed E-state index contributed by atoms with van der Waals surface area (Å²) >= 11 is 11.9. The van der Waals surface area contributed by atoms with E-state index in [0.29, 0.717) is 29.4 Å². The Labute approximate surface area is 209 Å². The van der Waals surface area contributed by atoms with Crippen molar-refractivity contribution < 1.29 is 9.59 Å². The molecule has 2 amide bonds. The van der Waals surface area contributed by atoms with E-state index in [2.05, 4.69) is 15.5 Å². The molecule has 0 aromatic heterocycles. The van der Waals surface area contributed by atoms with Gasteiger partial charge < -0.3 is 15.1 Å². The minimum absolute atomic E-state index is 0.00561. The number of hydrogen-bond acceptors (Lipinski definition) is 4. The van der Waals surface area contributed by atoms with Gasteiger partial charge in [0.2, 0.25) is 5.91 Å². The molecule has 1 fully saturated rings. The predicted molar refractivity (Wildman–Crippen MR) is 143 cm³/mol. The van der Waals surface area contributed by atoms with E-state index in [-0.39, 0.29) is 22.8 Å². The molecule has 3 aromatic carbocycles. The van der Waals surface area contributed by atoms with Gasteiger partial charge in [-0.2, -0.15) is 0 Å². The van der Waals surface area contributed by atoms with E-state index in [1.165, 1.54) is 0 Å². The van der Waals surface area contributed by atoms with Gasteiger partial charge in [0.15, 0.2) is 5.11 Å². The number of anilines is 2. The molecule has 1 aliphatic rings. The van der Waals surface area contributed by atoms with Crippen molar-refractivity contribution in [2.75, 3.05) is 36.4 Å². The molecule has 1 heterocycles. The number of benzene rings is 3. The molecular weight excluding hydrogens is 468 g/mol. The summed E-state index contributed by atoms with van der Waals surface area (Å²) in [7, 11) is 0. The van der Waals surface area contributed by atoms with E-state index in [1.54, 1.807) is 12.1 Å². The highest BCUT2D eigenvalue weighted by atomic mass is 35.5. The van der Waals surface area contributed by atoms with Gasteiger partial charge in [-0.15, -0.1) is 0 Å². The molecule has 0 aliphatic carbocycles. The Morgan fingerprint density at radius 2 is 1.65 bits per heavy atom. The summed E-state index contributed by atoms with van der Waals surface area (Å²) in [6.07, 6.45) is 0. The minimum Gasteiger partial charge on any atom is -0.367 e. The smallest absolute Gasteiger partial charge is 0.257 e. The molecule has 34 heavy (non-hydrogen) atoms. The third kappa shape index (κ3) is 5.48. The van der Waals surface area contributed by atoms with Gasteiger partial charge in [-0.25, -0.2) is 0 Å². The topological polar surface area (TPSA) is 64.7 Å². The van der Waals surface area contributed by atoms with Gasteiger partial charge in [-0.1, -0.05) is 55.8 Å². The number of nitrogens with zero attached hydrogens (tertiary/aromatic N) is 2. The third-order valence-corrected chi connectivity index (χ3v) is 6.38. The summed E-state index contributed by atoms with van der Waals surface area (Å²) in [6, 6.07) is 19.0. The van der Waals surface area contributed by atoms with Crippen LogP contribution in [0.4, 0.5) is 11.4 Å². The standard InChI is InChI=1S/C26H27ClN4O2S/c1-17(2)25(33)31-13-11-30(12-14-31)23-10-9-21(16-22(23)27)28-26(34)29-24(32)20-8-7-18-5-3-4-6-19(18)15-20/h3-10,15-17H,11-14H2,1-2H3,(H2,28,29,32,34). The van der Waals surface area contributed by atoms with Gasteiger partial charge >= 0.3 is 0 Å². The highest BCUT2D eigenvalue weighted by Gasteiger charge is 2.24. The lowest BCUT2D eigenvalue weighted by Gasteiger charge is -2.37. The quantitative estimate of drug-likeness (QED) is 0.504. The summed E-state index contributed by atoms with van der Waals surface area (Å²) < 4.78 is 0. The van der Waals surface area contributed by atoms with Crippen LogP contribution in [0.15, 0.2) is 60.7 Å². The fourth-order valence-electron chi connectivity index (χ4n) is 4.04. The van der Waals surface area contributed by atoms with Gasteiger partial charge in [-0.05, 0) is 53.3 Å². The number of amides is 2. The highest BCUT2D eigenvalue weighted by molar-refractivity contribution is 7.80. The number of rotatable bonds is 4. The van der Waals surface area contributed by atoms with Crippen LogP contribution in [-0.2, 0) is 4.79 Å². The van der Waals surface area contributed by atoms with E-state index in [9.17, 15) is 9.59 Å². The fourth-order valence-corrected chi connectivity index (χ4v) is 4.55. The Balaban J connectivity index is 1.35. The van der Waals surface area contributed by atoms with Crippen molar-refractivity contribution in [3.05, 3.63) is 71.2 Å². The Morgan fingerprint density at radius 3 is 2.32 bits per heavy atom. The second-order valence-corrected chi connectivity index (χ2v) is 9.42. The molecule has 0 unspecified atom stereocenters. The van der Waals surface area contributed by atoms with E-state index in [0.717, 1.165) is 29.5 Å². The van der Waals surface area contributed by atoms with E-state index in [4.69, 9.17) is 23.8 Å². The molecule has 3 aromatic rings. The molecular formula is C26H27ClN4O2S. The van der Waals surface area contributed by atoms with E-state index >= 15 is 0 Å². The van der Waals surface area contributed by atoms with Crippen LogP contribution in [0.2, 0.25) is 5.02 Å². The van der Waals surface area contributed by atoms with Gasteiger partial charge in [0, 0.05) is 43.3 Å². The van der Waals surface area contributed by atoms with Crippen LogP contribution < -0.4 is 15.5 Å². The molecule has 176 valence electrons. The molecule has 1 saturated heterocycles. The zero-order valence-electron chi connectivity index (χ0n) is 19.2. The Bertz CT molecular complexity index is 1240. The first-order valence-electron chi connectivity index (χ1n) is 11.3. The second kappa shape index (κ2) is 10.4. The van der Waals surface area contributed by atoms with Crippen LogP contribution in [0.5, 0.6) is 0 Å². The molecule has 0 bridgehead atoms. The lowest BCUT2D eigenvalue weighted by molar-refractivity contribution is -0.134. The molecule has 0 saturated carbocycles. The van der Waals surface area contributed by atoms with E-state index in [1.807, 2.05) is 67.3 Å². The van der Waals surface area contributed by atoms with Crippen molar-refractivity contribution in [1.82, 2.24) is 10.2 Å². The Hall–Kier alpha value is -3.16. The molecule has 2 N–H and O–H groups in total. The maximum absolute atomic E-state index is 12.6. The summed E-state index contributed by atoms with van der Waals surface area (Å²) in [5, 5.41) is 8.59. The van der Waals surface area contributed by atoms with Crippen molar-refractivity contribution in [3.8, 4) is 0 Å². The van der Waals surface area contributed by atoms with Crippen molar-refractivity contribution in [2.24, 2.45) is 5.92 Å². The first-order valence-corrected chi connectivity index (χ1v) is 12.0. The number of nitrogens with one attached hydrogen (secondary N) is 2. The summed E-state index contributed by atoms with van der Waals surface area (Å²) in [6.45, 7) is 6.66. The lowest BCUT2D eigenvalue weighted by Crippen LogP contribution is -2.50. The number of fused-ring (bicyclic) bond motifs is 1. The average molecular weight is 495 g/mol. The normalized spacial score (nSPS) is 13.8. The van der Waals surface area contributed by atoms with Gasteiger partial charge in [-0.3, -0.25) is 14.9 Å². The summed E-state index contributed by atoms with van der Waals surface area (Å²) in [5.41, 5.74) is 2.13. The van der Waals surface area contributed by atoms with E-state index < -0.39 is 0 Å². The monoisotopic (exact) mass is 494 g/mol. The summed E-state index contributed by atoms with van der Waals surface area (Å²) in [5.74, 6) is -0.0876. The highest BCUT2D eigenvalue weighted by Crippen LogP contribution is 2.30. The molecule has 0 radical (unpaired) electrons. The largest absolute Gasteiger partial charge is 0.367 e. The third-order valence-electron chi connectivity index (χ3n) is 5.87. The molecule has 4 rings (SSSR count). The molecule has 1 aliphatic heterocycles. The predicted octanol–water partition coefficient (Wildman–Crippen LogP) is 4.92. The molecule has 6 nitrogen and oxygen atoms in total. The van der Waals surface area contributed by atoms with Crippen molar-refractivity contribution in [3.63, 3.8) is 0 Å². The van der Waals surface area contributed by atoms with Crippen LogP contribution >= 0.6 is 23.8 Å². The maximum Gasteiger partial charge on any atom is 0.257 e. The zero-order chi connectivity index (χ0) is 24.2. The minimum atomic E-state index is -0.278. The second-order valence-electron chi connectivity index (χ2n) is 8.60. The number of piperazine rings is 1. The van der Waals surface area contributed by atoms with Gasteiger partial charge in [0.25, 0.3) is 5.91 Å². The fraction of sp³-hybridized carbons (Fsp3) is 0.269. The van der Waals surface area contributed by atoms with Gasteiger partial charge in [0.05, 0.1) is 10.7 Å². The molecule has 0 spiro atoms. The Morgan fingerprint density at radius 1 is 0.941 bits per heavy atom.